The van der Waals surface area contributed by atoms with Gasteiger partial charge in [-0.25, -0.2) is 0 Å². The van der Waals surface area contributed by atoms with E-state index in [1.54, 1.807) is 21.3 Å². The van der Waals surface area contributed by atoms with Crippen LogP contribution in [0, 0.1) is 0 Å². The van der Waals surface area contributed by atoms with Crippen molar-refractivity contribution in [1.29, 1.82) is 0 Å². The monoisotopic (exact) mass is 542 g/mol. The van der Waals surface area contributed by atoms with Crippen LogP contribution in [0.1, 0.15) is 17.2 Å². The maximum absolute atomic E-state index is 5.45. The molecular formula is C22H31IN4O4. The summed E-state index contributed by atoms with van der Waals surface area (Å²) in [5.41, 5.74) is 2.21. The van der Waals surface area contributed by atoms with Crippen LogP contribution in [0.2, 0.25) is 0 Å². The molecule has 1 aliphatic rings. The number of nitrogens with zero attached hydrogens (tertiary/aromatic N) is 2. The molecule has 2 N–H and O–H groups in total. The second kappa shape index (κ2) is 11.8. The highest BCUT2D eigenvalue weighted by molar-refractivity contribution is 14.0. The zero-order valence-electron chi connectivity index (χ0n) is 18.6. The molecule has 0 fully saturated rings. The molecule has 31 heavy (non-hydrogen) atoms. The second-order valence-corrected chi connectivity index (χ2v) is 7.09. The van der Waals surface area contributed by atoms with Crippen molar-refractivity contribution in [3.8, 4) is 23.0 Å². The molecule has 0 aliphatic carbocycles. The number of guanidine groups is 1. The smallest absolute Gasteiger partial charge is 0.231 e. The zero-order valence-corrected chi connectivity index (χ0v) is 20.9. The Morgan fingerprint density at radius 2 is 1.77 bits per heavy atom. The lowest BCUT2D eigenvalue weighted by Crippen LogP contribution is -2.41. The molecule has 1 heterocycles. The number of fused-ring (bicyclic) bond motifs is 1. The minimum absolute atomic E-state index is 0. The van der Waals surface area contributed by atoms with Crippen molar-refractivity contribution in [2.75, 3.05) is 48.7 Å². The summed E-state index contributed by atoms with van der Waals surface area (Å²) < 4.78 is 21.6. The predicted molar refractivity (Wildman–Crippen MR) is 132 cm³/mol. The van der Waals surface area contributed by atoms with E-state index in [1.807, 2.05) is 44.4 Å². The predicted octanol–water partition coefficient (Wildman–Crippen LogP) is 3.02. The largest absolute Gasteiger partial charge is 0.493 e. The molecule has 9 heteroatoms. The number of likely N-dealkylation sites (N-methyl/N-ethyl adjacent to an activating group) is 1. The number of methoxy groups -OCH3 is 2. The highest BCUT2D eigenvalue weighted by Gasteiger charge is 2.18. The molecule has 1 unspecified atom stereocenters. The van der Waals surface area contributed by atoms with Crippen molar-refractivity contribution in [3.63, 3.8) is 0 Å². The fourth-order valence-corrected chi connectivity index (χ4v) is 3.31. The first-order valence-corrected chi connectivity index (χ1v) is 9.77. The van der Waals surface area contributed by atoms with E-state index in [-0.39, 0.29) is 36.8 Å². The Morgan fingerprint density at radius 1 is 1.03 bits per heavy atom. The van der Waals surface area contributed by atoms with E-state index >= 15 is 0 Å². The lowest BCUT2D eigenvalue weighted by atomic mass is 10.1. The molecule has 170 valence electrons. The van der Waals surface area contributed by atoms with Gasteiger partial charge in [-0.05, 0) is 49.5 Å². The van der Waals surface area contributed by atoms with E-state index in [0.717, 1.165) is 28.6 Å². The van der Waals surface area contributed by atoms with Gasteiger partial charge in [0.2, 0.25) is 6.79 Å². The highest BCUT2D eigenvalue weighted by Crippen LogP contribution is 2.32. The first kappa shape index (κ1) is 24.9. The fourth-order valence-electron chi connectivity index (χ4n) is 3.31. The van der Waals surface area contributed by atoms with Crippen molar-refractivity contribution in [2.24, 2.45) is 4.99 Å². The Balaban J connectivity index is 0.00000341. The van der Waals surface area contributed by atoms with Crippen molar-refractivity contribution < 1.29 is 18.9 Å². The average Bonchev–Trinajstić information content (AvgIpc) is 3.23. The van der Waals surface area contributed by atoms with Crippen LogP contribution < -0.4 is 29.6 Å². The van der Waals surface area contributed by atoms with Crippen molar-refractivity contribution in [3.05, 3.63) is 47.5 Å². The summed E-state index contributed by atoms with van der Waals surface area (Å²) in [5.74, 6) is 3.71. The van der Waals surface area contributed by atoms with Crippen molar-refractivity contribution in [2.45, 2.75) is 12.6 Å². The normalized spacial score (nSPS) is 13.4. The molecule has 0 bridgehead atoms. The van der Waals surface area contributed by atoms with E-state index in [0.29, 0.717) is 24.6 Å². The van der Waals surface area contributed by atoms with Crippen molar-refractivity contribution in [1.82, 2.24) is 15.5 Å². The van der Waals surface area contributed by atoms with E-state index < -0.39 is 0 Å². The first-order valence-electron chi connectivity index (χ1n) is 9.77. The third kappa shape index (κ3) is 6.30. The fraction of sp³-hybridized carbons (Fsp3) is 0.409. The molecule has 0 saturated heterocycles. The van der Waals surface area contributed by atoms with Gasteiger partial charge < -0.3 is 34.5 Å². The number of benzene rings is 2. The van der Waals surface area contributed by atoms with Crippen LogP contribution in [0.5, 0.6) is 23.0 Å². The Labute approximate surface area is 200 Å². The average molecular weight is 542 g/mol. The number of nitrogens with one attached hydrogen (secondary N) is 2. The van der Waals surface area contributed by atoms with E-state index in [2.05, 4.69) is 26.6 Å². The summed E-state index contributed by atoms with van der Waals surface area (Å²) in [5, 5.41) is 6.75. The van der Waals surface area contributed by atoms with Gasteiger partial charge in [-0.1, -0.05) is 12.1 Å². The third-order valence-corrected chi connectivity index (χ3v) is 5.00. The lowest BCUT2D eigenvalue weighted by molar-refractivity contribution is 0.174. The molecule has 1 atom stereocenters. The van der Waals surface area contributed by atoms with Crippen LogP contribution in [0.15, 0.2) is 41.4 Å². The topological polar surface area (TPSA) is 76.6 Å². The van der Waals surface area contributed by atoms with Crippen molar-refractivity contribution >= 4 is 29.9 Å². The minimum atomic E-state index is 0. The van der Waals surface area contributed by atoms with Gasteiger partial charge in [0.25, 0.3) is 0 Å². The molecule has 8 nitrogen and oxygen atoms in total. The van der Waals surface area contributed by atoms with Crippen LogP contribution in [-0.2, 0) is 6.54 Å². The maximum Gasteiger partial charge on any atom is 0.231 e. The SMILES string of the molecule is CN=C(NCc1ccc2c(c1)OCO2)NCC(c1ccc(OC)c(OC)c1)N(C)C.I. The molecule has 0 amide bonds. The van der Waals surface area contributed by atoms with E-state index in [4.69, 9.17) is 18.9 Å². The summed E-state index contributed by atoms with van der Waals surface area (Å²) in [6, 6.07) is 12.0. The molecule has 1 aliphatic heterocycles. The molecule has 2 aromatic rings. The van der Waals surface area contributed by atoms with Gasteiger partial charge in [0.1, 0.15) is 0 Å². The third-order valence-electron chi connectivity index (χ3n) is 5.00. The first-order chi connectivity index (χ1) is 14.5. The number of hydrogen-bond donors (Lipinski definition) is 2. The number of rotatable bonds is 8. The number of ether oxygens (including phenoxy) is 4. The molecule has 0 saturated carbocycles. The standard InChI is InChI=1S/C22H30N4O4.HI/c1-23-22(24-12-15-6-8-19-21(10-15)30-14-29-19)25-13-17(26(2)3)16-7-9-18(27-4)20(11-16)28-5;/h6-11,17H,12-14H2,1-5H3,(H2,23,24,25);1H. The Bertz CT molecular complexity index is 892. The summed E-state index contributed by atoms with van der Waals surface area (Å²) in [6.07, 6.45) is 0. The Morgan fingerprint density at radius 3 is 2.45 bits per heavy atom. The number of aliphatic imine (C=N–C) groups is 1. The zero-order chi connectivity index (χ0) is 21.5. The summed E-state index contributed by atoms with van der Waals surface area (Å²) >= 11 is 0. The lowest BCUT2D eigenvalue weighted by Gasteiger charge is -2.26. The summed E-state index contributed by atoms with van der Waals surface area (Å²) in [6.45, 7) is 1.57. The van der Waals surface area contributed by atoms with Gasteiger partial charge in [-0.2, -0.15) is 0 Å². The van der Waals surface area contributed by atoms with Crippen LogP contribution in [0.25, 0.3) is 0 Å². The molecule has 3 rings (SSSR count). The quantitative estimate of drug-likeness (QED) is 0.302. The maximum atomic E-state index is 5.45. The van der Waals surface area contributed by atoms with Gasteiger partial charge in [0.05, 0.1) is 20.3 Å². The molecule has 2 aromatic carbocycles. The van der Waals surface area contributed by atoms with Crippen LogP contribution in [0.4, 0.5) is 0 Å². The second-order valence-electron chi connectivity index (χ2n) is 7.09. The Hall–Kier alpha value is -2.40. The number of hydrogen-bond acceptors (Lipinski definition) is 6. The van der Waals surface area contributed by atoms with Gasteiger partial charge in [-0.15, -0.1) is 24.0 Å². The molecule has 0 spiro atoms. The van der Waals surface area contributed by atoms with Gasteiger partial charge in [0, 0.05) is 20.1 Å². The minimum Gasteiger partial charge on any atom is -0.493 e. The van der Waals surface area contributed by atoms with Crippen LogP contribution in [-0.4, -0.2) is 59.6 Å². The highest BCUT2D eigenvalue weighted by atomic mass is 127. The van der Waals surface area contributed by atoms with Gasteiger partial charge in [0.15, 0.2) is 29.0 Å². The Kier molecular flexibility index (Phi) is 9.50. The molecule has 0 radical (unpaired) electrons. The number of halogens is 1. The van der Waals surface area contributed by atoms with E-state index in [9.17, 15) is 0 Å². The van der Waals surface area contributed by atoms with Crippen LogP contribution >= 0.6 is 24.0 Å². The summed E-state index contributed by atoms with van der Waals surface area (Å²) in [7, 11) is 9.14. The van der Waals surface area contributed by atoms with E-state index in [1.165, 1.54) is 0 Å². The van der Waals surface area contributed by atoms with Gasteiger partial charge in [-0.3, -0.25) is 4.99 Å². The molecular weight excluding hydrogens is 511 g/mol. The molecule has 0 aromatic heterocycles. The van der Waals surface area contributed by atoms with Crippen LogP contribution in [0.3, 0.4) is 0 Å². The van der Waals surface area contributed by atoms with Gasteiger partial charge >= 0.3 is 0 Å². The summed E-state index contributed by atoms with van der Waals surface area (Å²) in [4.78, 5) is 6.49.